The lowest BCUT2D eigenvalue weighted by Gasteiger charge is -1.98. The Morgan fingerprint density at radius 2 is 2.00 bits per heavy atom. The van der Waals surface area contributed by atoms with Crippen molar-refractivity contribution >= 4 is 11.6 Å². The molecule has 0 spiro atoms. The van der Waals surface area contributed by atoms with Crippen LogP contribution in [0, 0.1) is 5.38 Å². The van der Waals surface area contributed by atoms with Crippen molar-refractivity contribution in [3.8, 4) is 0 Å². The van der Waals surface area contributed by atoms with Gasteiger partial charge in [0.15, 0.2) is 0 Å². The van der Waals surface area contributed by atoms with Crippen LogP contribution in [0.3, 0.4) is 0 Å². The second-order valence-electron chi connectivity index (χ2n) is 1.62. The minimum absolute atomic E-state index is 1.02. The first-order valence-electron chi connectivity index (χ1n) is 2.81. The van der Waals surface area contributed by atoms with Gasteiger partial charge in [-0.2, -0.15) is 0 Å². The summed E-state index contributed by atoms with van der Waals surface area (Å²) in [4.78, 5) is 0. The van der Waals surface area contributed by atoms with Gasteiger partial charge in [0, 0.05) is 0 Å². The van der Waals surface area contributed by atoms with Crippen LogP contribution in [-0.4, -0.2) is 0 Å². The molecule has 43 valence electrons. The standard InChI is InChI=1S/C6H12Cl/c1-3-5-6(7)4-2/h3-5H2,1-2H3. The Bertz CT molecular complexity index is 35.2. The van der Waals surface area contributed by atoms with E-state index >= 15 is 0 Å². The maximum absolute atomic E-state index is 5.68. The van der Waals surface area contributed by atoms with Crippen LogP contribution in [0.5, 0.6) is 0 Å². The average molecular weight is 120 g/mol. The monoisotopic (exact) mass is 119 g/mol. The Labute approximate surface area is 50.9 Å². The summed E-state index contributed by atoms with van der Waals surface area (Å²) in [6.07, 6.45) is 3.28. The van der Waals surface area contributed by atoms with Crippen LogP contribution in [0.25, 0.3) is 0 Å². The number of halogens is 1. The first kappa shape index (κ1) is 7.29. The minimum atomic E-state index is 1.02. The summed E-state index contributed by atoms with van der Waals surface area (Å²) in [5.41, 5.74) is 0. The van der Waals surface area contributed by atoms with Crippen LogP contribution in [0.2, 0.25) is 0 Å². The number of hydrogen-bond donors (Lipinski definition) is 0. The zero-order valence-corrected chi connectivity index (χ0v) is 5.76. The molecule has 0 unspecified atom stereocenters. The van der Waals surface area contributed by atoms with Gasteiger partial charge in [-0.3, -0.25) is 0 Å². The Morgan fingerprint density at radius 3 is 2.14 bits per heavy atom. The lowest BCUT2D eigenvalue weighted by atomic mass is 10.2. The zero-order chi connectivity index (χ0) is 5.70. The van der Waals surface area contributed by atoms with Crippen molar-refractivity contribution < 1.29 is 0 Å². The molecule has 0 saturated heterocycles. The fourth-order valence-corrected chi connectivity index (χ4v) is 0.637. The number of hydrogen-bond acceptors (Lipinski definition) is 0. The van der Waals surface area contributed by atoms with Crippen LogP contribution >= 0.6 is 11.6 Å². The smallest absolute Gasteiger partial charge is 0.0635 e. The quantitative estimate of drug-likeness (QED) is 0.536. The van der Waals surface area contributed by atoms with Gasteiger partial charge in [0.05, 0.1) is 5.38 Å². The topological polar surface area (TPSA) is 0 Å². The summed E-state index contributed by atoms with van der Waals surface area (Å²) in [5, 5.41) is 1.10. The predicted octanol–water partition coefficient (Wildman–Crippen LogP) is 2.97. The van der Waals surface area contributed by atoms with Gasteiger partial charge in [-0.15, -0.1) is 11.6 Å². The maximum atomic E-state index is 5.68. The highest BCUT2D eigenvalue weighted by molar-refractivity contribution is 6.26. The van der Waals surface area contributed by atoms with Gasteiger partial charge in [-0.25, -0.2) is 0 Å². The van der Waals surface area contributed by atoms with Crippen molar-refractivity contribution in [1.29, 1.82) is 0 Å². The molecule has 0 N–H and O–H groups in total. The second kappa shape index (κ2) is 4.45. The fraction of sp³-hybridized carbons (Fsp3) is 0.833. The third kappa shape index (κ3) is 4.14. The predicted molar refractivity (Wildman–Crippen MR) is 34.3 cm³/mol. The Kier molecular flexibility index (Phi) is 4.63. The van der Waals surface area contributed by atoms with Gasteiger partial charge >= 0.3 is 0 Å². The first-order valence-corrected chi connectivity index (χ1v) is 3.19. The molecule has 0 aromatic rings. The molecule has 0 bridgehead atoms. The van der Waals surface area contributed by atoms with E-state index in [0.29, 0.717) is 0 Å². The van der Waals surface area contributed by atoms with Gasteiger partial charge in [-0.05, 0) is 12.8 Å². The van der Waals surface area contributed by atoms with E-state index in [0.717, 1.165) is 18.2 Å². The largest absolute Gasteiger partial charge is 0.117 e. The molecule has 0 amide bonds. The van der Waals surface area contributed by atoms with Crippen molar-refractivity contribution in [2.45, 2.75) is 33.1 Å². The summed E-state index contributed by atoms with van der Waals surface area (Å²) >= 11 is 5.68. The van der Waals surface area contributed by atoms with Crippen molar-refractivity contribution in [2.75, 3.05) is 0 Å². The highest BCUT2D eigenvalue weighted by Crippen LogP contribution is 2.16. The molecule has 1 heteroatoms. The van der Waals surface area contributed by atoms with Crippen molar-refractivity contribution in [2.24, 2.45) is 0 Å². The Hall–Kier alpha value is 0.290. The number of rotatable bonds is 3. The Morgan fingerprint density at radius 1 is 1.43 bits per heavy atom. The summed E-state index contributed by atoms with van der Waals surface area (Å²) < 4.78 is 0. The van der Waals surface area contributed by atoms with Gasteiger partial charge in [0.2, 0.25) is 0 Å². The van der Waals surface area contributed by atoms with Gasteiger partial charge in [-0.1, -0.05) is 20.3 Å². The molecule has 0 aliphatic heterocycles. The van der Waals surface area contributed by atoms with E-state index in [1.165, 1.54) is 6.42 Å². The van der Waals surface area contributed by atoms with Gasteiger partial charge in [0.1, 0.15) is 0 Å². The zero-order valence-electron chi connectivity index (χ0n) is 5.00. The third-order valence-corrected chi connectivity index (χ3v) is 1.36. The molecule has 0 aromatic carbocycles. The highest BCUT2D eigenvalue weighted by atomic mass is 35.5. The normalized spacial score (nSPS) is 10.3. The van der Waals surface area contributed by atoms with E-state index in [-0.39, 0.29) is 0 Å². The molecule has 0 aliphatic rings. The first-order chi connectivity index (χ1) is 3.31. The molecule has 0 aliphatic carbocycles. The van der Waals surface area contributed by atoms with Crippen LogP contribution in [0.4, 0.5) is 0 Å². The molecule has 0 heterocycles. The van der Waals surface area contributed by atoms with Crippen molar-refractivity contribution in [3.05, 3.63) is 5.38 Å². The SMILES string of the molecule is CCC[C](Cl)CC. The molecule has 0 atom stereocenters. The second-order valence-corrected chi connectivity index (χ2v) is 2.16. The van der Waals surface area contributed by atoms with Crippen LogP contribution in [0.15, 0.2) is 0 Å². The molecule has 7 heavy (non-hydrogen) atoms. The highest BCUT2D eigenvalue weighted by Gasteiger charge is 1.96. The van der Waals surface area contributed by atoms with Crippen LogP contribution in [0.1, 0.15) is 33.1 Å². The third-order valence-electron chi connectivity index (χ3n) is 0.905. The molecule has 0 nitrogen and oxygen atoms in total. The molecular formula is C6H12Cl. The van der Waals surface area contributed by atoms with Gasteiger partial charge in [0.25, 0.3) is 0 Å². The van der Waals surface area contributed by atoms with Crippen molar-refractivity contribution in [1.82, 2.24) is 0 Å². The van der Waals surface area contributed by atoms with Crippen molar-refractivity contribution in [3.63, 3.8) is 0 Å². The van der Waals surface area contributed by atoms with E-state index in [1.54, 1.807) is 0 Å². The lowest BCUT2D eigenvalue weighted by molar-refractivity contribution is 0.821. The maximum Gasteiger partial charge on any atom is 0.0635 e. The van der Waals surface area contributed by atoms with E-state index in [9.17, 15) is 0 Å². The summed E-state index contributed by atoms with van der Waals surface area (Å²) in [7, 11) is 0. The van der Waals surface area contributed by atoms with Gasteiger partial charge < -0.3 is 0 Å². The molecule has 1 radical (unpaired) electrons. The average Bonchev–Trinajstić information content (AvgIpc) is 1.68. The van der Waals surface area contributed by atoms with E-state index in [1.807, 2.05) is 0 Å². The molecule has 0 saturated carbocycles. The van der Waals surface area contributed by atoms with E-state index in [2.05, 4.69) is 13.8 Å². The van der Waals surface area contributed by atoms with E-state index in [4.69, 9.17) is 11.6 Å². The molecular weight excluding hydrogens is 108 g/mol. The summed E-state index contributed by atoms with van der Waals surface area (Å²) in [5.74, 6) is 0. The molecule has 0 rings (SSSR count). The van der Waals surface area contributed by atoms with Crippen LogP contribution in [-0.2, 0) is 0 Å². The molecule has 0 fully saturated rings. The summed E-state index contributed by atoms with van der Waals surface area (Å²) in [6.45, 7) is 4.22. The summed E-state index contributed by atoms with van der Waals surface area (Å²) in [6, 6.07) is 0. The lowest BCUT2D eigenvalue weighted by Crippen LogP contribution is -1.81. The van der Waals surface area contributed by atoms with E-state index < -0.39 is 0 Å². The molecule has 0 aromatic heterocycles. The minimum Gasteiger partial charge on any atom is -0.117 e. The van der Waals surface area contributed by atoms with Crippen LogP contribution < -0.4 is 0 Å². The fourth-order valence-electron chi connectivity index (χ4n) is 0.448. The Balaban J connectivity index is 2.83.